The maximum absolute atomic E-state index is 12.8. The molecule has 7 heteroatoms. The molecule has 0 atom stereocenters. The molecular weight excluding hydrogens is 394 g/mol. The molecule has 2 aromatic carbocycles. The fourth-order valence-electron chi connectivity index (χ4n) is 3.82. The van der Waals surface area contributed by atoms with Gasteiger partial charge in [0.1, 0.15) is 11.5 Å². The van der Waals surface area contributed by atoms with Gasteiger partial charge in [0.15, 0.2) is 0 Å². The average molecular weight is 426 g/mol. The molecule has 1 aliphatic rings. The second-order valence-electron chi connectivity index (χ2n) is 7.86. The van der Waals surface area contributed by atoms with Crippen LogP contribution in [0, 0.1) is 5.92 Å². The number of hydrogen-bond acceptors (Lipinski definition) is 5. The lowest BCUT2D eigenvalue weighted by Gasteiger charge is -2.32. The molecule has 3 rings (SSSR count). The van der Waals surface area contributed by atoms with E-state index >= 15 is 0 Å². The highest BCUT2D eigenvalue weighted by atomic mass is 16.5. The quantitative estimate of drug-likeness (QED) is 0.704. The topological polar surface area (TPSA) is 71.1 Å². The van der Waals surface area contributed by atoms with Crippen LogP contribution in [0.1, 0.15) is 18.4 Å². The minimum atomic E-state index is -0.0643. The van der Waals surface area contributed by atoms with Crippen molar-refractivity contribution in [1.82, 2.24) is 9.80 Å². The van der Waals surface area contributed by atoms with Crippen LogP contribution in [0.25, 0.3) is 0 Å². The largest absolute Gasteiger partial charge is 0.497 e. The first-order valence-corrected chi connectivity index (χ1v) is 10.5. The summed E-state index contributed by atoms with van der Waals surface area (Å²) >= 11 is 0. The maximum atomic E-state index is 12.8. The van der Waals surface area contributed by atoms with Gasteiger partial charge in [0.2, 0.25) is 11.8 Å². The molecular formula is C24H31N3O4. The summed E-state index contributed by atoms with van der Waals surface area (Å²) in [6.45, 7) is 2.11. The molecule has 7 nitrogen and oxygen atoms in total. The Morgan fingerprint density at radius 2 is 1.77 bits per heavy atom. The SMILES string of the molecule is COc1ccc(CN(C)CC(=O)N2CCC(C(=O)Nc3ccccc3)CC2)c(OC)c1. The number of carbonyl (C=O) groups is 2. The molecule has 0 saturated carbocycles. The second-order valence-corrected chi connectivity index (χ2v) is 7.86. The third-order valence-corrected chi connectivity index (χ3v) is 5.60. The zero-order valence-corrected chi connectivity index (χ0v) is 18.5. The fraction of sp³-hybridized carbons (Fsp3) is 0.417. The van der Waals surface area contributed by atoms with E-state index in [4.69, 9.17) is 9.47 Å². The number of nitrogens with zero attached hydrogens (tertiary/aromatic N) is 2. The monoisotopic (exact) mass is 425 g/mol. The van der Waals surface area contributed by atoms with Crippen LogP contribution < -0.4 is 14.8 Å². The van der Waals surface area contributed by atoms with E-state index in [1.807, 2.05) is 65.4 Å². The summed E-state index contributed by atoms with van der Waals surface area (Å²) in [5, 5.41) is 2.96. The Balaban J connectivity index is 1.47. The van der Waals surface area contributed by atoms with Crippen molar-refractivity contribution in [3.05, 3.63) is 54.1 Å². The Kier molecular flexibility index (Phi) is 7.89. The number of ether oxygens (including phenoxy) is 2. The summed E-state index contributed by atoms with van der Waals surface area (Å²) in [5.41, 5.74) is 1.80. The Morgan fingerprint density at radius 1 is 1.06 bits per heavy atom. The summed E-state index contributed by atoms with van der Waals surface area (Å²) in [6, 6.07) is 15.2. The minimum absolute atomic E-state index is 0.0296. The minimum Gasteiger partial charge on any atom is -0.497 e. The number of piperidine rings is 1. The van der Waals surface area contributed by atoms with Crippen LogP contribution in [0.3, 0.4) is 0 Å². The first kappa shape index (κ1) is 22.6. The zero-order valence-electron chi connectivity index (χ0n) is 18.5. The molecule has 1 aliphatic heterocycles. The molecule has 0 bridgehead atoms. The van der Waals surface area contributed by atoms with Crippen LogP contribution in [0.15, 0.2) is 48.5 Å². The van der Waals surface area contributed by atoms with Gasteiger partial charge in [-0.15, -0.1) is 0 Å². The van der Waals surface area contributed by atoms with Gasteiger partial charge in [0.25, 0.3) is 0 Å². The number of anilines is 1. The van der Waals surface area contributed by atoms with Crippen LogP contribution in [0.2, 0.25) is 0 Å². The van der Waals surface area contributed by atoms with E-state index in [9.17, 15) is 9.59 Å². The molecule has 1 heterocycles. The van der Waals surface area contributed by atoms with Gasteiger partial charge in [-0.05, 0) is 38.1 Å². The van der Waals surface area contributed by atoms with Crippen LogP contribution in [-0.4, -0.2) is 62.5 Å². The lowest BCUT2D eigenvalue weighted by Crippen LogP contribution is -2.45. The number of nitrogens with one attached hydrogen (secondary N) is 1. The third kappa shape index (κ3) is 6.21. The molecule has 2 amide bonds. The predicted molar refractivity (Wildman–Crippen MR) is 120 cm³/mol. The lowest BCUT2D eigenvalue weighted by atomic mass is 9.95. The second kappa shape index (κ2) is 10.8. The molecule has 0 radical (unpaired) electrons. The van der Waals surface area contributed by atoms with Crippen LogP contribution >= 0.6 is 0 Å². The van der Waals surface area contributed by atoms with Gasteiger partial charge in [-0.1, -0.05) is 24.3 Å². The number of hydrogen-bond donors (Lipinski definition) is 1. The summed E-state index contributed by atoms with van der Waals surface area (Å²) in [4.78, 5) is 29.1. The van der Waals surface area contributed by atoms with Crippen molar-refractivity contribution in [1.29, 1.82) is 0 Å². The van der Waals surface area contributed by atoms with Gasteiger partial charge in [0, 0.05) is 42.9 Å². The summed E-state index contributed by atoms with van der Waals surface area (Å²) < 4.78 is 10.7. The molecule has 0 spiro atoms. The van der Waals surface area contributed by atoms with Crippen molar-refractivity contribution in [2.24, 2.45) is 5.92 Å². The number of likely N-dealkylation sites (N-methyl/N-ethyl adjacent to an activating group) is 1. The number of methoxy groups -OCH3 is 2. The molecule has 166 valence electrons. The highest BCUT2D eigenvalue weighted by Crippen LogP contribution is 2.25. The summed E-state index contributed by atoms with van der Waals surface area (Å²) in [7, 11) is 5.16. The van der Waals surface area contributed by atoms with Crippen molar-refractivity contribution in [2.45, 2.75) is 19.4 Å². The Morgan fingerprint density at radius 3 is 2.42 bits per heavy atom. The fourth-order valence-corrected chi connectivity index (χ4v) is 3.82. The zero-order chi connectivity index (χ0) is 22.2. The Labute approximate surface area is 183 Å². The van der Waals surface area contributed by atoms with Gasteiger partial charge >= 0.3 is 0 Å². The molecule has 0 aromatic heterocycles. The molecule has 31 heavy (non-hydrogen) atoms. The lowest BCUT2D eigenvalue weighted by molar-refractivity contribution is -0.135. The Hall–Kier alpha value is -3.06. The van der Waals surface area contributed by atoms with Gasteiger partial charge < -0.3 is 19.7 Å². The van der Waals surface area contributed by atoms with E-state index in [0.717, 1.165) is 22.7 Å². The van der Waals surface area contributed by atoms with E-state index in [0.29, 0.717) is 39.0 Å². The molecule has 0 unspecified atom stereocenters. The first-order valence-electron chi connectivity index (χ1n) is 10.5. The molecule has 0 aliphatic carbocycles. The summed E-state index contributed by atoms with van der Waals surface area (Å²) in [5.74, 6) is 1.52. The van der Waals surface area contributed by atoms with Gasteiger partial charge in [-0.25, -0.2) is 0 Å². The van der Waals surface area contributed by atoms with Crippen molar-refractivity contribution < 1.29 is 19.1 Å². The van der Waals surface area contributed by atoms with E-state index in [2.05, 4.69) is 5.32 Å². The van der Waals surface area contributed by atoms with E-state index < -0.39 is 0 Å². The van der Waals surface area contributed by atoms with Gasteiger partial charge in [-0.2, -0.15) is 0 Å². The smallest absolute Gasteiger partial charge is 0.236 e. The van der Waals surface area contributed by atoms with Crippen molar-refractivity contribution in [3.8, 4) is 11.5 Å². The maximum Gasteiger partial charge on any atom is 0.236 e. The number of para-hydroxylation sites is 1. The van der Waals surface area contributed by atoms with E-state index in [1.165, 1.54) is 0 Å². The third-order valence-electron chi connectivity index (χ3n) is 5.60. The van der Waals surface area contributed by atoms with Gasteiger partial charge in [0.05, 0.1) is 20.8 Å². The van der Waals surface area contributed by atoms with E-state index in [1.54, 1.807) is 14.2 Å². The number of likely N-dealkylation sites (tertiary alicyclic amines) is 1. The first-order chi connectivity index (χ1) is 15.0. The average Bonchev–Trinajstić information content (AvgIpc) is 2.80. The van der Waals surface area contributed by atoms with Crippen LogP contribution in [0.5, 0.6) is 11.5 Å². The van der Waals surface area contributed by atoms with Crippen LogP contribution in [0.4, 0.5) is 5.69 Å². The molecule has 1 saturated heterocycles. The predicted octanol–water partition coefficient (Wildman–Crippen LogP) is 3.01. The van der Waals surface area contributed by atoms with Crippen LogP contribution in [-0.2, 0) is 16.1 Å². The van der Waals surface area contributed by atoms with Crippen molar-refractivity contribution in [3.63, 3.8) is 0 Å². The van der Waals surface area contributed by atoms with Crippen molar-refractivity contribution >= 4 is 17.5 Å². The molecule has 2 aromatic rings. The molecule has 1 N–H and O–H groups in total. The number of rotatable bonds is 8. The standard InChI is InChI=1S/C24H31N3O4/c1-26(16-19-9-10-21(30-2)15-22(19)31-3)17-23(28)27-13-11-18(12-14-27)24(29)25-20-7-5-4-6-8-20/h4-10,15,18H,11-14,16-17H2,1-3H3,(H,25,29). The normalized spacial score (nSPS) is 14.4. The number of benzene rings is 2. The highest BCUT2D eigenvalue weighted by Gasteiger charge is 2.27. The van der Waals surface area contributed by atoms with Gasteiger partial charge in [-0.3, -0.25) is 14.5 Å². The molecule has 1 fully saturated rings. The number of carbonyl (C=O) groups excluding carboxylic acids is 2. The van der Waals surface area contributed by atoms with E-state index in [-0.39, 0.29) is 17.7 Å². The Bertz CT molecular complexity index is 880. The summed E-state index contributed by atoms with van der Waals surface area (Å²) in [6.07, 6.45) is 1.36. The van der Waals surface area contributed by atoms with Crippen molar-refractivity contribution in [2.75, 3.05) is 46.2 Å². The number of amides is 2. The highest BCUT2D eigenvalue weighted by molar-refractivity contribution is 5.92.